The van der Waals surface area contributed by atoms with Gasteiger partial charge in [-0.2, -0.15) is 11.8 Å². The van der Waals surface area contributed by atoms with E-state index in [1.807, 2.05) is 28.8 Å². The highest BCUT2D eigenvalue weighted by atomic mass is 32.2. The number of hydrogen-bond acceptors (Lipinski definition) is 6. The van der Waals surface area contributed by atoms with E-state index < -0.39 is 0 Å². The number of methoxy groups -OCH3 is 1. The average molecular weight is 411 g/mol. The molecule has 2 heterocycles. The maximum absolute atomic E-state index is 12.9. The molecule has 4 rings (SSSR count). The fourth-order valence-corrected chi connectivity index (χ4v) is 4.12. The summed E-state index contributed by atoms with van der Waals surface area (Å²) in [4.78, 5) is 26.9. The highest BCUT2D eigenvalue weighted by molar-refractivity contribution is 7.99. The molecule has 0 bridgehead atoms. The Bertz CT molecular complexity index is 1070. The molecule has 0 unspecified atom stereocenters. The minimum absolute atomic E-state index is 0.0235. The molecule has 150 valence electrons. The van der Waals surface area contributed by atoms with Crippen molar-refractivity contribution in [2.45, 2.75) is 0 Å². The van der Waals surface area contributed by atoms with Crippen molar-refractivity contribution in [1.82, 2.24) is 4.90 Å². The summed E-state index contributed by atoms with van der Waals surface area (Å²) in [5.74, 6) is 3.12. The molecular weight excluding hydrogens is 390 g/mol. The van der Waals surface area contributed by atoms with E-state index in [0.29, 0.717) is 22.3 Å². The van der Waals surface area contributed by atoms with Gasteiger partial charge in [-0.15, -0.1) is 0 Å². The predicted molar refractivity (Wildman–Crippen MR) is 114 cm³/mol. The lowest BCUT2D eigenvalue weighted by Crippen LogP contribution is -2.40. The van der Waals surface area contributed by atoms with Crippen LogP contribution in [0.15, 0.2) is 57.9 Å². The maximum Gasteiger partial charge on any atom is 0.260 e. The van der Waals surface area contributed by atoms with Gasteiger partial charge in [-0.25, -0.2) is 0 Å². The number of carbonyl (C=O) groups excluding carboxylic acids is 1. The van der Waals surface area contributed by atoms with Gasteiger partial charge >= 0.3 is 0 Å². The van der Waals surface area contributed by atoms with Crippen LogP contribution in [-0.2, 0) is 4.79 Å². The van der Waals surface area contributed by atoms with Crippen LogP contribution in [0.2, 0.25) is 0 Å². The molecule has 1 aliphatic heterocycles. The van der Waals surface area contributed by atoms with Crippen LogP contribution in [0.1, 0.15) is 0 Å². The van der Waals surface area contributed by atoms with Gasteiger partial charge < -0.3 is 18.8 Å². The number of fused-ring (bicyclic) bond motifs is 1. The fourth-order valence-electron chi connectivity index (χ4n) is 3.22. The number of ether oxygens (including phenoxy) is 2. The van der Waals surface area contributed by atoms with E-state index in [0.717, 1.165) is 35.9 Å². The molecule has 0 atom stereocenters. The molecule has 0 aliphatic carbocycles. The van der Waals surface area contributed by atoms with Crippen molar-refractivity contribution in [3.05, 3.63) is 59.0 Å². The van der Waals surface area contributed by atoms with E-state index in [-0.39, 0.29) is 17.9 Å². The normalized spacial score (nSPS) is 14.0. The third-order valence-electron chi connectivity index (χ3n) is 4.87. The standard InChI is InChI=1S/C22H21NO5S/c1-26-16-4-2-15(3-5-16)19-13-28-20-12-17(6-7-18(20)22(19)25)27-14-21(24)23-8-10-29-11-9-23/h2-7,12-13H,8-11,14H2,1H3. The van der Waals surface area contributed by atoms with Gasteiger partial charge in [0.2, 0.25) is 0 Å². The number of amides is 1. The highest BCUT2D eigenvalue weighted by Crippen LogP contribution is 2.24. The number of hydrogen-bond donors (Lipinski definition) is 0. The summed E-state index contributed by atoms with van der Waals surface area (Å²) in [5.41, 5.74) is 1.54. The Balaban J connectivity index is 1.52. The molecule has 1 saturated heterocycles. The molecule has 1 amide bonds. The van der Waals surface area contributed by atoms with Crippen molar-refractivity contribution >= 4 is 28.6 Å². The Morgan fingerprint density at radius 1 is 1.10 bits per heavy atom. The lowest BCUT2D eigenvalue weighted by molar-refractivity contribution is -0.132. The van der Waals surface area contributed by atoms with Crippen LogP contribution < -0.4 is 14.9 Å². The van der Waals surface area contributed by atoms with Crippen LogP contribution in [0.5, 0.6) is 11.5 Å². The number of benzene rings is 2. The van der Waals surface area contributed by atoms with Crippen molar-refractivity contribution in [3.63, 3.8) is 0 Å². The van der Waals surface area contributed by atoms with Gasteiger partial charge in [-0.3, -0.25) is 9.59 Å². The molecule has 2 aromatic carbocycles. The van der Waals surface area contributed by atoms with Crippen LogP contribution in [0.25, 0.3) is 22.1 Å². The first-order valence-electron chi connectivity index (χ1n) is 9.34. The van der Waals surface area contributed by atoms with E-state index in [4.69, 9.17) is 13.9 Å². The van der Waals surface area contributed by atoms with Crippen LogP contribution in [0, 0.1) is 0 Å². The Labute approximate surface area is 172 Å². The second-order valence-electron chi connectivity index (χ2n) is 6.65. The highest BCUT2D eigenvalue weighted by Gasteiger charge is 2.17. The van der Waals surface area contributed by atoms with Crippen LogP contribution in [0.4, 0.5) is 0 Å². The van der Waals surface area contributed by atoms with E-state index in [1.165, 1.54) is 6.26 Å². The summed E-state index contributed by atoms with van der Waals surface area (Å²) >= 11 is 1.85. The zero-order chi connectivity index (χ0) is 20.2. The predicted octanol–water partition coefficient (Wildman–Crippen LogP) is 3.42. The van der Waals surface area contributed by atoms with Crippen molar-refractivity contribution < 1.29 is 18.7 Å². The molecule has 0 N–H and O–H groups in total. The Morgan fingerprint density at radius 3 is 2.55 bits per heavy atom. The number of carbonyl (C=O) groups is 1. The third-order valence-corrected chi connectivity index (χ3v) is 5.82. The lowest BCUT2D eigenvalue weighted by atomic mass is 10.1. The molecule has 3 aromatic rings. The van der Waals surface area contributed by atoms with Crippen LogP contribution in [-0.4, -0.2) is 49.1 Å². The molecule has 0 spiro atoms. The smallest absolute Gasteiger partial charge is 0.260 e. The molecule has 29 heavy (non-hydrogen) atoms. The van der Waals surface area contributed by atoms with E-state index in [1.54, 1.807) is 37.4 Å². The van der Waals surface area contributed by atoms with Crippen molar-refractivity contribution in [3.8, 4) is 22.6 Å². The Morgan fingerprint density at radius 2 is 1.83 bits per heavy atom. The lowest BCUT2D eigenvalue weighted by Gasteiger charge is -2.26. The number of nitrogens with zero attached hydrogens (tertiary/aromatic N) is 1. The monoisotopic (exact) mass is 411 g/mol. The van der Waals surface area contributed by atoms with E-state index >= 15 is 0 Å². The molecule has 0 radical (unpaired) electrons. The summed E-state index contributed by atoms with van der Waals surface area (Å²) in [7, 11) is 1.60. The van der Waals surface area contributed by atoms with Crippen molar-refractivity contribution in [1.29, 1.82) is 0 Å². The largest absolute Gasteiger partial charge is 0.497 e. The summed E-state index contributed by atoms with van der Waals surface area (Å²) in [6, 6.07) is 12.2. The van der Waals surface area contributed by atoms with Gasteiger partial charge in [0.25, 0.3) is 5.91 Å². The third kappa shape index (κ3) is 4.24. The second-order valence-corrected chi connectivity index (χ2v) is 7.87. The minimum Gasteiger partial charge on any atom is -0.497 e. The minimum atomic E-state index is -0.121. The molecule has 1 aliphatic rings. The zero-order valence-corrected chi connectivity index (χ0v) is 16.9. The number of thioether (sulfide) groups is 1. The SMILES string of the molecule is COc1ccc(-c2coc3cc(OCC(=O)N4CCSCC4)ccc3c2=O)cc1. The van der Waals surface area contributed by atoms with Gasteiger partial charge in [0.1, 0.15) is 23.3 Å². The molecular formula is C22H21NO5S. The molecule has 7 heteroatoms. The first kappa shape index (κ1) is 19.4. The summed E-state index contributed by atoms with van der Waals surface area (Å²) in [6.45, 7) is 1.49. The van der Waals surface area contributed by atoms with Gasteiger partial charge in [0, 0.05) is 30.7 Å². The molecule has 6 nitrogen and oxygen atoms in total. The fraction of sp³-hybridized carbons (Fsp3) is 0.273. The Kier molecular flexibility index (Phi) is 5.76. The molecule has 1 aromatic heterocycles. The molecule has 0 saturated carbocycles. The van der Waals surface area contributed by atoms with Crippen LogP contribution >= 0.6 is 11.8 Å². The van der Waals surface area contributed by atoms with Crippen molar-refractivity contribution in [2.75, 3.05) is 38.3 Å². The maximum atomic E-state index is 12.9. The average Bonchev–Trinajstić information content (AvgIpc) is 2.78. The summed E-state index contributed by atoms with van der Waals surface area (Å²) in [5, 5.41) is 0.463. The van der Waals surface area contributed by atoms with E-state index in [9.17, 15) is 9.59 Å². The van der Waals surface area contributed by atoms with Gasteiger partial charge in [0.05, 0.1) is 18.1 Å². The topological polar surface area (TPSA) is 69.0 Å². The Hall–Kier alpha value is -2.93. The van der Waals surface area contributed by atoms with Gasteiger partial charge in [-0.05, 0) is 29.8 Å². The summed E-state index contributed by atoms with van der Waals surface area (Å²) in [6.07, 6.45) is 1.45. The first-order valence-corrected chi connectivity index (χ1v) is 10.5. The van der Waals surface area contributed by atoms with Gasteiger partial charge in [0.15, 0.2) is 12.0 Å². The summed E-state index contributed by atoms with van der Waals surface area (Å²) < 4.78 is 16.5. The van der Waals surface area contributed by atoms with E-state index in [2.05, 4.69) is 0 Å². The first-order chi connectivity index (χ1) is 14.2. The number of rotatable bonds is 5. The zero-order valence-electron chi connectivity index (χ0n) is 16.1. The quantitative estimate of drug-likeness (QED) is 0.641. The second kappa shape index (κ2) is 8.61. The van der Waals surface area contributed by atoms with Crippen molar-refractivity contribution in [2.24, 2.45) is 0 Å². The van der Waals surface area contributed by atoms with Gasteiger partial charge in [-0.1, -0.05) is 12.1 Å². The molecule has 1 fully saturated rings. The van der Waals surface area contributed by atoms with Crippen LogP contribution in [0.3, 0.4) is 0 Å².